The van der Waals surface area contributed by atoms with Crippen molar-refractivity contribution < 1.29 is 0 Å². The lowest BCUT2D eigenvalue weighted by Gasteiger charge is -2.27. The van der Waals surface area contributed by atoms with E-state index in [4.69, 9.17) is 5.10 Å². The summed E-state index contributed by atoms with van der Waals surface area (Å²) >= 11 is 0. The maximum Gasteiger partial charge on any atom is 0.0540 e. The van der Waals surface area contributed by atoms with Gasteiger partial charge in [-0.1, -0.05) is 19.3 Å². The predicted molar refractivity (Wildman–Crippen MR) is 69.1 cm³/mol. The molecular formula is C14H23N3. The molecule has 1 unspecified atom stereocenters. The van der Waals surface area contributed by atoms with E-state index in [0.717, 1.165) is 0 Å². The van der Waals surface area contributed by atoms with Gasteiger partial charge < -0.3 is 5.32 Å². The second-order valence-corrected chi connectivity index (χ2v) is 5.52. The molecule has 0 spiro atoms. The van der Waals surface area contributed by atoms with Gasteiger partial charge in [0.25, 0.3) is 0 Å². The first kappa shape index (κ1) is 11.3. The summed E-state index contributed by atoms with van der Waals surface area (Å²) in [6.07, 6.45) is 12.8. The van der Waals surface area contributed by atoms with Gasteiger partial charge in [0.05, 0.1) is 12.2 Å². The molecule has 2 aliphatic carbocycles. The van der Waals surface area contributed by atoms with Crippen molar-refractivity contribution in [2.75, 3.05) is 7.05 Å². The summed E-state index contributed by atoms with van der Waals surface area (Å²) < 4.78 is 2.36. The third-order valence-electron chi connectivity index (χ3n) is 4.48. The van der Waals surface area contributed by atoms with Crippen LogP contribution in [0, 0.1) is 0 Å². The molecule has 1 aromatic heterocycles. The second-order valence-electron chi connectivity index (χ2n) is 5.52. The highest BCUT2D eigenvalue weighted by Gasteiger charge is 2.26. The van der Waals surface area contributed by atoms with Crippen LogP contribution in [0.1, 0.15) is 68.3 Å². The lowest BCUT2D eigenvalue weighted by molar-refractivity contribution is 0.317. The van der Waals surface area contributed by atoms with Crippen LogP contribution >= 0.6 is 0 Å². The van der Waals surface area contributed by atoms with Gasteiger partial charge in [0.15, 0.2) is 0 Å². The topological polar surface area (TPSA) is 29.9 Å². The molecule has 17 heavy (non-hydrogen) atoms. The second kappa shape index (κ2) is 4.81. The minimum Gasteiger partial charge on any atom is -0.313 e. The zero-order chi connectivity index (χ0) is 11.7. The average Bonchev–Trinajstić information content (AvgIpc) is 2.83. The van der Waals surface area contributed by atoms with E-state index in [9.17, 15) is 0 Å². The van der Waals surface area contributed by atoms with Gasteiger partial charge in [-0.25, -0.2) is 0 Å². The number of aromatic nitrogens is 2. The Hall–Kier alpha value is -0.830. The number of hydrogen-bond donors (Lipinski definition) is 1. The molecule has 1 fully saturated rings. The molecule has 0 amide bonds. The van der Waals surface area contributed by atoms with Crippen LogP contribution in [-0.2, 0) is 6.42 Å². The van der Waals surface area contributed by atoms with Crippen LogP contribution in [0.2, 0.25) is 0 Å². The Bertz CT molecular complexity index is 377. The summed E-state index contributed by atoms with van der Waals surface area (Å²) in [5.74, 6) is 0. The van der Waals surface area contributed by atoms with Crippen molar-refractivity contribution in [1.29, 1.82) is 0 Å². The van der Waals surface area contributed by atoms with Gasteiger partial charge in [-0.15, -0.1) is 0 Å². The largest absolute Gasteiger partial charge is 0.313 e. The molecule has 3 heteroatoms. The van der Waals surface area contributed by atoms with Crippen molar-refractivity contribution in [1.82, 2.24) is 15.1 Å². The van der Waals surface area contributed by atoms with E-state index < -0.39 is 0 Å². The van der Waals surface area contributed by atoms with E-state index in [2.05, 4.69) is 23.2 Å². The molecule has 0 saturated heterocycles. The van der Waals surface area contributed by atoms with E-state index in [1.54, 1.807) is 0 Å². The Morgan fingerprint density at radius 2 is 2.00 bits per heavy atom. The molecule has 0 aliphatic heterocycles. The molecule has 2 aliphatic rings. The molecular weight excluding hydrogens is 210 g/mol. The third-order valence-corrected chi connectivity index (χ3v) is 4.48. The van der Waals surface area contributed by atoms with Crippen LogP contribution < -0.4 is 5.32 Å². The molecule has 1 N–H and O–H groups in total. The van der Waals surface area contributed by atoms with Crippen LogP contribution in [0.15, 0.2) is 6.20 Å². The fraction of sp³-hybridized carbons (Fsp3) is 0.786. The first-order valence-corrected chi connectivity index (χ1v) is 7.13. The van der Waals surface area contributed by atoms with E-state index >= 15 is 0 Å². The maximum atomic E-state index is 4.70. The van der Waals surface area contributed by atoms with E-state index in [1.165, 1.54) is 62.6 Å². The standard InChI is InChI=1S/C14H23N3/c1-15-13-8-5-9-14-12(13)10-16-17(14)11-6-3-2-4-7-11/h10-11,13,15H,2-9H2,1H3. The first-order valence-electron chi connectivity index (χ1n) is 7.13. The van der Waals surface area contributed by atoms with Gasteiger partial charge in [-0.3, -0.25) is 4.68 Å². The van der Waals surface area contributed by atoms with Gasteiger partial charge in [-0.2, -0.15) is 5.10 Å². The van der Waals surface area contributed by atoms with Crippen molar-refractivity contribution >= 4 is 0 Å². The van der Waals surface area contributed by atoms with Crippen molar-refractivity contribution in [3.8, 4) is 0 Å². The van der Waals surface area contributed by atoms with E-state index in [1.807, 2.05) is 0 Å². The van der Waals surface area contributed by atoms with Crippen molar-refractivity contribution in [2.24, 2.45) is 0 Å². The number of rotatable bonds is 2. The summed E-state index contributed by atoms with van der Waals surface area (Å²) in [6.45, 7) is 0. The van der Waals surface area contributed by atoms with Gasteiger partial charge in [-0.05, 0) is 39.2 Å². The summed E-state index contributed by atoms with van der Waals surface area (Å²) in [4.78, 5) is 0. The van der Waals surface area contributed by atoms with Gasteiger partial charge in [0.2, 0.25) is 0 Å². The highest BCUT2D eigenvalue weighted by molar-refractivity contribution is 5.25. The molecule has 3 rings (SSSR count). The minimum absolute atomic E-state index is 0.538. The number of nitrogens with zero attached hydrogens (tertiary/aromatic N) is 2. The average molecular weight is 233 g/mol. The van der Waals surface area contributed by atoms with E-state index in [0.29, 0.717) is 12.1 Å². The van der Waals surface area contributed by atoms with E-state index in [-0.39, 0.29) is 0 Å². The Morgan fingerprint density at radius 3 is 2.76 bits per heavy atom. The molecule has 1 saturated carbocycles. The fourth-order valence-electron chi connectivity index (χ4n) is 3.52. The Kier molecular flexibility index (Phi) is 3.19. The molecule has 0 aromatic carbocycles. The van der Waals surface area contributed by atoms with Gasteiger partial charge >= 0.3 is 0 Å². The first-order chi connectivity index (χ1) is 8.40. The number of hydrogen-bond acceptors (Lipinski definition) is 2. The van der Waals surface area contributed by atoms with Crippen LogP contribution in [0.4, 0.5) is 0 Å². The van der Waals surface area contributed by atoms with Crippen LogP contribution in [0.3, 0.4) is 0 Å². The molecule has 3 nitrogen and oxygen atoms in total. The fourth-order valence-corrected chi connectivity index (χ4v) is 3.52. The normalized spacial score (nSPS) is 25.8. The molecule has 0 bridgehead atoms. The Labute approximate surface area is 104 Å². The van der Waals surface area contributed by atoms with Gasteiger partial charge in [0.1, 0.15) is 0 Å². The summed E-state index contributed by atoms with van der Waals surface area (Å²) in [6, 6.07) is 1.22. The summed E-state index contributed by atoms with van der Waals surface area (Å²) in [5, 5.41) is 8.12. The Balaban J connectivity index is 1.88. The smallest absolute Gasteiger partial charge is 0.0540 e. The zero-order valence-corrected chi connectivity index (χ0v) is 10.8. The third kappa shape index (κ3) is 2.01. The van der Waals surface area contributed by atoms with Crippen LogP contribution in [-0.4, -0.2) is 16.8 Å². The molecule has 1 atom stereocenters. The number of fused-ring (bicyclic) bond motifs is 1. The van der Waals surface area contributed by atoms with Crippen molar-refractivity contribution in [3.63, 3.8) is 0 Å². The van der Waals surface area contributed by atoms with Gasteiger partial charge in [0, 0.05) is 17.3 Å². The molecule has 1 aromatic rings. The zero-order valence-electron chi connectivity index (χ0n) is 10.8. The van der Waals surface area contributed by atoms with Crippen molar-refractivity contribution in [3.05, 3.63) is 17.5 Å². The maximum absolute atomic E-state index is 4.70. The van der Waals surface area contributed by atoms with Crippen molar-refractivity contribution in [2.45, 2.75) is 63.5 Å². The SMILES string of the molecule is CNC1CCCc2c1cnn2C1CCCCC1. The highest BCUT2D eigenvalue weighted by atomic mass is 15.3. The predicted octanol–water partition coefficient (Wildman–Crippen LogP) is 2.99. The molecule has 1 heterocycles. The molecule has 0 radical (unpaired) electrons. The quantitative estimate of drug-likeness (QED) is 0.851. The van der Waals surface area contributed by atoms with Crippen LogP contribution in [0.5, 0.6) is 0 Å². The highest BCUT2D eigenvalue weighted by Crippen LogP contribution is 2.34. The lowest BCUT2D eigenvalue weighted by Crippen LogP contribution is -2.23. The minimum atomic E-state index is 0.538. The summed E-state index contributed by atoms with van der Waals surface area (Å²) in [5.41, 5.74) is 2.98. The molecule has 94 valence electrons. The monoisotopic (exact) mass is 233 g/mol. The lowest BCUT2D eigenvalue weighted by atomic mass is 9.91. The summed E-state index contributed by atoms with van der Waals surface area (Å²) in [7, 11) is 2.07. The Morgan fingerprint density at radius 1 is 1.18 bits per heavy atom. The van der Waals surface area contributed by atoms with Crippen LogP contribution in [0.25, 0.3) is 0 Å². The number of nitrogens with one attached hydrogen (secondary N) is 1.